The summed E-state index contributed by atoms with van der Waals surface area (Å²) in [6, 6.07) is 3.77. The molecule has 1 aromatic carbocycles. The Hall–Kier alpha value is -3.16. The second kappa shape index (κ2) is 7.69. The van der Waals surface area contributed by atoms with Crippen LogP contribution in [-0.2, 0) is 20.7 Å². The minimum Gasteiger partial charge on any atom is -0.493 e. The second-order valence-corrected chi connectivity index (χ2v) is 7.69. The summed E-state index contributed by atoms with van der Waals surface area (Å²) < 4.78 is 15.9. The largest absolute Gasteiger partial charge is 0.493 e. The fourth-order valence-electron chi connectivity index (χ4n) is 3.47. The number of benzene rings is 1. The first-order chi connectivity index (χ1) is 13.6. The lowest BCUT2D eigenvalue weighted by molar-refractivity contribution is -0.146. The van der Waals surface area contributed by atoms with E-state index in [2.05, 4.69) is 10.5 Å². The molecule has 0 aliphatic carbocycles. The highest BCUT2D eigenvalue weighted by atomic mass is 16.5. The molecule has 2 aliphatic rings. The molecule has 0 saturated heterocycles. The third-order valence-electron chi connectivity index (χ3n) is 4.79. The van der Waals surface area contributed by atoms with Gasteiger partial charge in [-0.3, -0.25) is 20.0 Å². The van der Waals surface area contributed by atoms with Gasteiger partial charge in [0.15, 0.2) is 23.2 Å². The molecular weight excluding hydrogens is 374 g/mol. The molecule has 0 radical (unpaired) electrons. The number of rotatable bonds is 4. The third-order valence-corrected chi connectivity index (χ3v) is 4.79. The van der Waals surface area contributed by atoms with Gasteiger partial charge in [-0.1, -0.05) is 0 Å². The summed E-state index contributed by atoms with van der Waals surface area (Å²) in [6.07, 6.45) is 2.02. The maximum absolute atomic E-state index is 12.2. The molecule has 3 rings (SSSR count). The molecule has 154 valence electrons. The fourth-order valence-corrected chi connectivity index (χ4v) is 3.47. The van der Waals surface area contributed by atoms with Crippen LogP contribution in [0.1, 0.15) is 38.8 Å². The minimum absolute atomic E-state index is 0.283. The first-order valence-electron chi connectivity index (χ1n) is 9.24. The number of carbonyl (C=O) groups excluding carboxylic acids is 2. The van der Waals surface area contributed by atoms with Crippen LogP contribution in [0.25, 0.3) is 0 Å². The molecular formula is C21H25N3O5. The van der Waals surface area contributed by atoms with E-state index in [-0.39, 0.29) is 17.1 Å². The van der Waals surface area contributed by atoms with Crippen LogP contribution >= 0.6 is 0 Å². The van der Waals surface area contributed by atoms with Crippen LogP contribution in [0.3, 0.4) is 0 Å². The number of aliphatic imine (C=N–C) groups is 1. The SMILES string of the molecule is COc1cc2c(cc1OC)C(N/N=C(\C)C1C(=O)C=C(C)OC1=O)=NC(C)(C)C2. The number of ketones is 1. The summed E-state index contributed by atoms with van der Waals surface area (Å²) in [6.45, 7) is 7.20. The number of amidine groups is 1. The number of hydrogen-bond acceptors (Lipinski definition) is 8. The molecule has 0 saturated carbocycles. The number of carbonyl (C=O) groups is 2. The van der Waals surface area contributed by atoms with E-state index in [9.17, 15) is 9.59 Å². The number of cyclic esters (lactones) is 1. The molecule has 8 heteroatoms. The maximum atomic E-state index is 12.2. The number of allylic oxidation sites excluding steroid dienone is 2. The quantitative estimate of drug-likeness (QED) is 0.361. The highest BCUT2D eigenvalue weighted by molar-refractivity contribution is 6.23. The van der Waals surface area contributed by atoms with Gasteiger partial charge in [-0.05, 0) is 51.8 Å². The lowest BCUT2D eigenvalue weighted by Crippen LogP contribution is -2.37. The van der Waals surface area contributed by atoms with Crippen molar-refractivity contribution >= 4 is 23.3 Å². The van der Waals surface area contributed by atoms with Gasteiger partial charge in [-0.2, -0.15) is 5.10 Å². The number of methoxy groups -OCH3 is 2. The standard InChI is InChI=1S/C21H25N3O5/c1-11-7-15(25)18(20(26)29-11)12(2)23-24-19-14-9-17(28-6)16(27-5)8-13(14)10-21(3,4)22-19/h7-9,18H,10H2,1-6H3,(H,22,24)/b23-12+. The topological polar surface area (TPSA) is 98.6 Å². The predicted molar refractivity (Wildman–Crippen MR) is 108 cm³/mol. The van der Waals surface area contributed by atoms with Crippen LogP contribution in [-0.4, -0.2) is 43.1 Å². The Kier molecular flexibility index (Phi) is 5.46. The summed E-state index contributed by atoms with van der Waals surface area (Å²) in [5, 5.41) is 4.27. The van der Waals surface area contributed by atoms with E-state index in [0.29, 0.717) is 29.5 Å². The van der Waals surface area contributed by atoms with Crippen molar-refractivity contribution in [2.24, 2.45) is 16.0 Å². The van der Waals surface area contributed by atoms with Crippen molar-refractivity contribution in [3.63, 3.8) is 0 Å². The van der Waals surface area contributed by atoms with E-state index in [4.69, 9.17) is 19.2 Å². The van der Waals surface area contributed by atoms with E-state index in [1.54, 1.807) is 28.1 Å². The maximum Gasteiger partial charge on any atom is 0.327 e. The van der Waals surface area contributed by atoms with Gasteiger partial charge in [-0.25, -0.2) is 0 Å². The number of esters is 1. The number of nitrogens with one attached hydrogen (secondary N) is 1. The minimum atomic E-state index is -1.06. The highest BCUT2D eigenvalue weighted by Crippen LogP contribution is 2.35. The van der Waals surface area contributed by atoms with Crippen LogP contribution in [0.4, 0.5) is 0 Å². The van der Waals surface area contributed by atoms with Crippen LogP contribution in [0.2, 0.25) is 0 Å². The molecule has 1 unspecified atom stereocenters. The lowest BCUT2D eigenvalue weighted by atomic mass is 9.88. The molecule has 1 N–H and O–H groups in total. The molecule has 0 aromatic heterocycles. The van der Waals surface area contributed by atoms with Crippen molar-refractivity contribution in [3.05, 3.63) is 35.1 Å². The number of hydrogen-bond donors (Lipinski definition) is 1. The Labute approximate surface area is 169 Å². The number of fused-ring (bicyclic) bond motifs is 1. The molecule has 0 fully saturated rings. The molecule has 29 heavy (non-hydrogen) atoms. The van der Waals surface area contributed by atoms with Gasteiger partial charge >= 0.3 is 5.97 Å². The summed E-state index contributed by atoms with van der Waals surface area (Å²) in [4.78, 5) is 29.1. The van der Waals surface area contributed by atoms with E-state index in [0.717, 1.165) is 11.1 Å². The van der Waals surface area contributed by atoms with E-state index in [1.807, 2.05) is 26.0 Å². The van der Waals surface area contributed by atoms with Crippen molar-refractivity contribution in [2.45, 2.75) is 39.7 Å². The monoisotopic (exact) mass is 399 g/mol. The summed E-state index contributed by atoms with van der Waals surface area (Å²) in [5.74, 6) is -0.0117. The van der Waals surface area contributed by atoms with Crippen LogP contribution < -0.4 is 14.9 Å². The molecule has 0 bridgehead atoms. The Morgan fingerprint density at radius 3 is 2.52 bits per heavy atom. The smallest absolute Gasteiger partial charge is 0.327 e. The summed E-state index contributed by atoms with van der Waals surface area (Å²) in [5.41, 5.74) is 4.73. The Morgan fingerprint density at radius 1 is 1.24 bits per heavy atom. The van der Waals surface area contributed by atoms with Gasteiger partial charge < -0.3 is 14.2 Å². The van der Waals surface area contributed by atoms with Crippen LogP contribution in [0, 0.1) is 5.92 Å². The molecule has 8 nitrogen and oxygen atoms in total. The summed E-state index contributed by atoms with van der Waals surface area (Å²) >= 11 is 0. The van der Waals surface area contributed by atoms with Gasteiger partial charge in [-0.15, -0.1) is 0 Å². The molecule has 0 spiro atoms. The van der Waals surface area contributed by atoms with Crippen molar-refractivity contribution in [1.82, 2.24) is 5.43 Å². The van der Waals surface area contributed by atoms with Crippen molar-refractivity contribution < 1.29 is 23.8 Å². The van der Waals surface area contributed by atoms with Crippen molar-refractivity contribution in [1.29, 1.82) is 0 Å². The van der Waals surface area contributed by atoms with Gasteiger partial charge in [0.1, 0.15) is 11.6 Å². The second-order valence-electron chi connectivity index (χ2n) is 7.69. The third kappa shape index (κ3) is 4.16. The Bertz CT molecular complexity index is 959. The first-order valence-corrected chi connectivity index (χ1v) is 9.24. The molecule has 2 aliphatic heterocycles. The highest BCUT2D eigenvalue weighted by Gasteiger charge is 2.34. The average molecular weight is 399 g/mol. The fraction of sp³-hybridized carbons (Fsp3) is 0.429. The number of ether oxygens (including phenoxy) is 3. The zero-order valence-electron chi connectivity index (χ0n) is 17.5. The molecule has 1 atom stereocenters. The zero-order chi connectivity index (χ0) is 21.3. The van der Waals surface area contributed by atoms with Crippen LogP contribution in [0.15, 0.2) is 34.1 Å². The summed E-state index contributed by atoms with van der Waals surface area (Å²) in [7, 11) is 3.16. The van der Waals surface area contributed by atoms with Gasteiger partial charge in [0.25, 0.3) is 0 Å². The Morgan fingerprint density at radius 2 is 1.90 bits per heavy atom. The molecule has 0 amide bonds. The van der Waals surface area contributed by atoms with E-state index in [1.165, 1.54) is 6.08 Å². The average Bonchev–Trinajstić information content (AvgIpc) is 2.63. The Balaban J connectivity index is 1.94. The first kappa shape index (κ1) is 20.6. The lowest BCUT2D eigenvalue weighted by Gasteiger charge is -2.29. The van der Waals surface area contributed by atoms with Gasteiger partial charge in [0, 0.05) is 11.6 Å². The van der Waals surface area contributed by atoms with Gasteiger partial charge in [0.05, 0.1) is 25.5 Å². The normalized spacial score (nSPS) is 20.9. The number of nitrogens with zero attached hydrogens (tertiary/aromatic N) is 2. The van der Waals surface area contributed by atoms with Crippen molar-refractivity contribution in [2.75, 3.05) is 14.2 Å². The number of hydrazone groups is 1. The molecule has 1 aromatic rings. The van der Waals surface area contributed by atoms with Crippen molar-refractivity contribution in [3.8, 4) is 11.5 Å². The zero-order valence-corrected chi connectivity index (χ0v) is 17.5. The van der Waals surface area contributed by atoms with E-state index >= 15 is 0 Å². The van der Waals surface area contributed by atoms with E-state index < -0.39 is 11.9 Å². The molecule has 2 heterocycles. The van der Waals surface area contributed by atoms with Crippen LogP contribution in [0.5, 0.6) is 11.5 Å². The predicted octanol–water partition coefficient (Wildman–Crippen LogP) is 2.40. The van der Waals surface area contributed by atoms with Gasteiger partial charge in [0.2, 0.25) is 0 Å².